The molecule has 0 bridgehead atoms. The van der Waals surface area contributed by atoms with Crippen LogP contribution in [-0.2, 0) is 74.9 Å². The summed E-state index contributed by atoms with van der Waals surface area (Å²) < 4.78 is 71.5. The van der Waals surface area contributed by atoms with Gasteiger partial charge in [0.1, 0.15) is 24.2 Å². The number of ketones is 1. The zero-order chi connectivity index (χ0) is 83.9. The van der Waals surface area contributed by atoms with Gasteiger partial charge in [0.25, 0.3) is 0 Å². The molecule has 0 saturated heterocycles. The number of carbonyl (C=O) groups excluding carboxylic acids is 6. The highest BCUT2D eigenvalue weighted by Gasteiger charge is 2.28. The molecule has 0 aliphatic carbocycles. The van der Waals surface area contributed by atoms with Gasteiger partial charge in [0.05, 0.1) is 77.5 Å². The van der Waals surface area contributed by atoms with Crippen LogP contribution in [-0.4, -0.2) is 158 Å². The maximum absolute atomic E-state index is 13.3. The molecule has 0 aliphatic heterocycles. The van der Waals surface area contributed by atoms with Gasteiger partial charge in [-0.2, -0.15) is 0 Å². The minimum atomic E-state index is -4.73. The van der Waals surface area contributed by atoms with Gasteiger partial charge < -0.3 is 54.9 Å². The molecule has 0 rings (SSSR count). The highest BCUT2D eigenvalue weighted by Crippen LogP contribution is 2.44. The maximum atomic E-state index is 13.3. The molecule has 0 aromatic rings. The third-order valence-corrected chi connectivity index (χ3v) is 22.7. The highest BCUT2D eigenvalue weighted by molar-refractivity contribution is 7.47. The lowest BCUT2D eigenvalue weighted by Gasteiger charge is -2.25. The Hall–Kier alpha value is -2.96. The van der Waals surface area contributed by atoms with E-state index < -0.39 is 71.7 Å². The number of phosphoric ester groups is 2. The number of aliphatic hydroxyl groups excluding tert-OH is 2. The van der Waals surface area contributed by atoms with E-state index in [1.807, 2.05) is 0 Å². The molecule has 0 aromatic heterocycles. The van der Waals surface area contributed by atoms with Gasteiger partial charge in [-0.15, -0.1) is 0 Å². The van der Waals surface area contributed by atoms with Gasteiger partial charge in [0.2, 0.25) is 17.7 Å². The van der Waals surface area contributed by atoms with Crippen molar-refractivity contribution >= 4 is 51.1 Å². The molecular formula is C88H172N4O20P2. The molecule has 0 aromatic carbocycles. The van der Waals surface area contributed by atoms with Crippen molar-refractivity contribution in [3.63, 3.8) is 0 Å². The standard InChI is InChI=1S/C88H172N4O20P2/c1-7-13-19-25-29-33-37-43-47-55-79(93)71-85(97)91-77(73-105-67-63-81(57-49-41-23-17-11-5)111-87(99)61-51-45-39-35-31-27-21-15-9-3)75-109-113(101,102)107-69-65-89-83(95)59-53-54-60-84(96)90-66-70-108-114(103,104)110-76-78(92-86(98)72-80(94)56-48-44-38-34-30-26-20-14-8-2)74-106-68-64-82(58-50-42-24-18-12-6)112-88(100)62-52-46-40-36-32-28-22-16-10-4/h77-79,81-82,85,91,93,97H,7-76H2,1-6H3,(H,89,95)(H,90,96)(H,92,98)(H,101,102)(H,103,104). The van der Waals surface area contributed by atoms with E-state index in [2.05, 4.69) is 62.8 Å². The fourth-order valence-electron chi connectivity index (χ4n) is 13.8. The summed E-state index contributed by atoms with van der Waals surface area (Å²) in [6, 6.07) is -1.76. The van der Waals surface area contributed by atoms with E-state index in [1.54, 1.807) is 0 Å². The first-order chi connectivity index (χ1) is 55.2. The summed E-state index contributed by atoms with van der Waals surface area (Å²) in [6.07, 6.45) is 52.8. The zero-order valence-electron chi connectivity index (χ0n) is 73.2. The summed E-state index contributed by atoms with van der Waals surface area (Å²) in [5.41, 5.74) is 0. The van der Waals surface area contributed by atoms with Gasteiger partial charge in [0.15, 0.2) is 0 Å². The Morgan fingerprint density at radius 1 is 0.325 bits per heavy atom. The largest absolute Gasteiger partial charge is 0.472 e. The number of nitrogens with one attached hydrogen (secondary N) is 4. The van der Waals surface area contributed by atoms with Gasteiger partial charge >= 0.3 is 27.6 Å². The molecule has 0 saturated carbocycles. The lowest BCUT2D eigenvalue weighted by atomic mass is 10.0. The Morgan fingerprint density at radius 2 is 0.632 bits per heavy atom. The number of carbonyl (C=O) groups is 6. The fourth-order valence-corrected chi connectivity index (χ4v) is 15.3. The van der Waals surface area contributed by atoms with E-state index in [9.17, 15) is 57.9 Å². The summed E-state index contributed by atoms with van der Waals surface area (Å²) in [5, 5.41) is 33.0. The maximum Gasteiger partial charge on any atom is 0.472 e. The van der Waals surface area contributed by atoms with Gasteiger partial charge in [-0.1, -0.05) is 305 Å². The minimum Gasteiger partial charge on any atom is -0.462 e. The summed E-state index contributed by atoms with van der Waals surface area (Å²) in [6.45, 7) is 11.4. The van der Waals surface area contributed by atoms with Crippen molar-refractivity contribution in [2.45, 2.75) is 463 Å². The molecule has 0 fully saturated rings. The number of hydrogen-bond donors (Lipinski definition) is 8. The van der Waals surface area contributed by atoms with Gasteiger partial charge in [0, 0.05) is 64.5 Å². The average Bonchev–Trinajstić information content (AvgIpc) is 0.912. The van der Waals surface area contributed by atoms with Crippen LogP contribution < -0.4 is 21.3 Å². The second-order valence-corrected chi connectivity index (χ2v) is 35.0. The van der Waals surface area contributed by atoms with Gasteiger partial charge in [-0.25, -0.2) is 9.13 Å². The van der Waals surface area contributed by atoms with Crippen molar-refractivity contribution in [2.24, 2.45) is 0 Å². The number of ether oxygens (including phenoxy) is 4. The number of rotatable bonds is 90. The molecule has 8 atom stereocenters. The Kier molecular flexibility index (Phi) is 79.0. The van der Waals surface area contributed by atoms with E-state index in [-0.39, 0.29) is 114 Å². The van der Waals surface area contributed by atoms with Crippen LogP contribution in [0.15, 0.2) is 0 Å². The molecule has 674 valence electrons. The van der Waals surface area contributed by atoms with Crippen LogP contribution in [0.3, 0.4) is 0 Å². The van der Waals surface area contributed by atoms with Crippen LogP contribution in [0, 0.1) is 0 Å². The van der Waals surface area contributed by atoms with Crippen LogP contribution in [0.25, 0.3) is 0 Å². The van der Waals surface area contributed by atoms with Gasteiger partial charge in [-0.3, -0.25) is 52.2 Å². The number of aliphatic hydroxyl groups is 2. The number of hydrogen-bond acceptors (Lipinski definition) is 19. The topological polar surface area (TPSA) is 339 Å². The summed E-state index contributed by atoms with van der Waals surface area (Å²) in [7, 11) is -9.43. The third-order valence-electron chi connectivity index (χ3n) is 20.8. The highest BCUT2D eigenvalue weighted by atomic mass is 31.2. The zero-order valence-corrected chi connectivity index (χ0v) is 75.0. The number of phosphoric acid groups is 2. The molecule has 0 radical (unpaired) electrons. The molecular weight excluding hydrogens is 1490 g/mol. The second kappa shape index (κ2) is 81.1. The monoisotopic (exact) mass is 1670 g/mol. The van der Waals surface area contributed by atoms with Crippen LogP contribution in [0.2, 0.25) is 0 Å². The minimum absolute atomic E-state index is 0.0208. The lowest BCUT2D eigenvalue weighted by Crippen LogP contribution is -2.45. The van der Waals surface area contributed by atoms with Crippen molar-refractivity contribution in [1.29, 1.82) is 0 Å². The Labute approximate surface area is 693 Å². The molecule has 8 unspecified atom stereocenters. The molecule has 114 heavy (non-hydrogen) atoms. The van der Waals surface area contributed by atoms with Crippen molar-refractivity contribution in [3.8, 4) is 0 Å². The van der Waals surface area contributed by atoms with E-state index in [0.717, 1.165) is 148 Å². The second-order valence-electron chi connectivity index (χ2n) is 32.1. The van der Waals surface area contributed by atoms with Crippen LogP contribution >= 0.6 is 15.6 Å². The lowest BCUT2D eigenvalue weighted by molar-refractivity contribution is -0.151. The molecule has 0 heterocycles. The number of amides is 3. The van der Waals surface area contributed by atoms with E-state index in [4.69, 9.17) is 37.0 Å². The Balaban J connectivity index is 5.45. The molecule has 24 nitrogen and oxygen atoms in total. The molecule has 3 amide bonds. The predicted molar refractivity (Wildman–Crippen MR) is 458 cm³/mol. The molecule has 0 aliphatic rings. The summed E-state index contributed by atoms with van der Waals surface area (Å²) >= 11 is 0. The van der Waals surface area contributed by atoms with Crippen LogP contribution in [0.4, 0.5) is 0 Å². The van der Waals surface area contributed by atoms with Gasteiger partial charge in [-0.05, 0) is 64.2 Å². The first-order valence-electron chi connectivity index (χ1n) is 46.5. The Morgan fingerprint density at radius 3 is 1.00 bits per heavy atom. The molecule has 26 heteroatoms. The van der Waals surface area contributed by atoms with Crippen LogP contribution in [0.5, 0.6) is 0 Å². The number of esters is 2. The molecule has 0 spiro atoms. The van der Waals surface area contributed by atoms with Crippen LogP contribution in [0.1, 0.15) is 427 Å². The fraction of sp³-hybridized carbons (Fsp3) is 0.932. The van der Waals surface area contributed by atoms with Crippen molar-refractivity contribution in [2.75, 3.05) is 65.9 Å². The summed E-state index contributed by atoms with van der Waals surface area (Å²) in [5.74, 6) is -1.99. The first kappa shape index (κ1) is 111. The molecule has 8 N–H and O–H groups in total. The average molecular weight is 1670 g/mol. The summed E-state index contributed by atoms with van der Waals surface area (Å²) in [4.78, 5) is 99.1. The smallest absolute Gasteiger partial charge is 0.462 e. The van der Waals surface area contributed by atoms with E-state index >= 15 is 0 Å². The van der Waals surface area contributed by atoms with E-state index in [0.29, 0.717) is 64.2 Å². The van der Waals surface area contributed by atoms with E-state index in [1.165, 1.54) is 141 Å². The normalized spacial score (nSPS) is 14.3. The van der Waals surface area contributed by atoms with Crippen molar-refractivity contribution in [3.05, 3.63) is 0 Å². The first-order valence-corrected chi connectivity index (χ1v) is 49.4. The van der Waals surface area contributed by atoms with Crippen molar-refractivity contribution < 1.29 is 94.9 Å². The SMILES string of the molecule is CCCCCCCCCCCC(=O)CC(=O)NC(COCCC(CCCCCCC)OC(=O)CCCCCCCCCCC)COP(=O)(O)OCCNC(=O)CCCCC(=O)NCCOP(=O)(O)OCC(COCCC(CCCCCCC)OC(=O)CCCCCCCCCCC)NC(O)CC(O)CCCCCCCCCCC. The number of Topliss-reactive ketones (excluding diaryl/α,β-unsaturated/α-hetero) is 1. The third kappa shape index (κ3) is 77.6. The van der Waals surface area contributed by atoms with Crippen molar-refractivity contribution in [1.82, 2.24) is 21.3 Å². The Bertz CT molecular complexity index is 2350. The predicted octanol–water partition coefficient (Wildman–Crippen LogP) is 20.6. The quantitative estimate of drug-likeness (QED) is 0.00922. The number of unbranched alkanes of at least 4 members (excludes halogenated alkanes) is 41.